The lowest BCUT2D eigenvalue weighted by atomic mass is 9.89. The van der Waals surface area contributed by atoms with Crippen LogP contribution in [0.15, 0.2) is 12.6 Å². The molecule has 0 bridgehead atoms. The summed E-state index contributed by atoms with van der Waals surface area (Å²) >= 11 is 0. The zero-order chi connectivity index (χ0) is 13.9. The maximum Gasteiger partial charge on any atom is 0.168 e. The summed E-state index contributed by atoms with van der Waals surface area (Å²) in [6, 6.07) is 1.32. The monoisotopic (exact) mass is 254 g/mol. The van der Waals surface area contributed by atoms with E-state index in [4.69, 9.17) is 0 Å². The molecule has 100 valence electrons. The molecule has 0 aliphatic carbocycles. The van der Waals surface area contributed by atoms with Gasteiger partial charge in [-0.3, -0.25) is 0 Å². The fraction of sp³-hybridized carbons (Fsp3) is 0.429. The summed E-state index contributed by atoms with van der Waals surface area (Å²) in [7, 11) is 3.40. The van der Waals surface area contributed by atoms with Crippen LogP contribution in [0.2, 0.25) is 0 Å². The molecule has 1 aliphatic rings. The number of hydrogen-bond donors (Lipinski definition) is 1. The smallest absolute Gasteiger partial charge is 0.168 e. The lowest BCUT2D eigenvalue weighted by molar-refractivity contribution is 0.500. The Labute approximate surface area is 107 Å². The van der Waals surface area contributed by atoms with Crippen LogP contribution in [0, 0.1) is 11.6 Å². The van der Waals surface area contributed by atoms with E-state index in [-0.39, 0.29) is 11.5 Å². The van der Waals surface area contributed by atoms with Gasteiger partial charge in [-0.1, -0.05) is 19.6 Å². The summed E-state index contributed by atoms with van der Waals surface area (Å²) in [5, 5.41) is 0. The molecule has 2 nitrogen and oxygen atoms in total. The van der Waals surface area contributed by atoms with Gasteiger partial charge in [0.15, 0.2) is 11.6 Å². The number of rotatable bonds is 1. The number of nitrogens with two attached hydrogens (primary N) is 1. The van der Waals surface area contributed by atoms with Crippen LogP contribution in [0.3, 0.4) is 0 Å². The molecular formula is C14H20F2N2. The van der Waals surface area contributed by atoms with Gasteiger partial charge in [0.25, 0.3) is 0 Å². The Kier molecular flexibility index (Phi) is 4.84. The minimum absolute atomic E-state index is 0.264. The van der Waals surface area contributed by atoms with Gasteiger partial charge in [-0.2, -0.15) is 0 Å². The molecule has 0 fully saturated rings. The van der Waals surface area contributed by atoms with Crippen LogP contribution in [0.5, 0.6) is 0 Å². The van der Waals surface area contributed by atoms with Gasteiger partial charge >= 0.3 is 0 Å². The third kappa shape index (κ3) is 2.38. The second-order valence-corrected chi connectivity index (χ2v) is 4.34. The van der Waals surface area contributed by atoms with Crippen LogP contribution >= 0.6 is 0 Å². The molecule has 1 aromatic carbocycles. The summed E-state index contributed by atoms with van der Waals surface area (Å²) in [5.74, 6) is -1.31. The largest absolute Gasteiger partial charge is 0.374 e. The molecule has 4 heteroatoms. The molecular weight excluding hydrogens is 234 g/mol. The third-order valence-corrected chi connectivity index (χ3v) is 3.27. The highest BCUT2D eigenvalue weighted by Gasteiger charge is 2.26. The Morgan fingerprint density at radius 2 is 2.06 bits per heavy atom. The average molecular weight is 254 g/mol. The molecule has 0 unspecified atom stereocenters. The van der Waals surface area contributed by atoms with E-state index in [0.29, 0.717) is 0 Å². The Morgan fingerprint density at radius 3 is 2.61 bits per heavy atom. The molecule has 1 aliphatic heterocycles. The topological polar surface area (TPSA) is 29.3 Å². The van der Waals surface area contributed by atoms with Crippen LogP contribution < -0.4 is 10.6 Å². The second-order valence-electron chi connectivity index (χ2n) is 4.34. The van der Waals surface area contributed by atoms with Crippen molar-refractivity contribution in [3.8, 4) is 0 Å². The van der Waals surface area contributed by atoms with Crippen LogP contribution in [-0.2, 0) is 0 Å². The van der Waals surface area contributed by atoms with Crippen molar-refractivity contribution >= 4 is 11.8 Å². The van der Waals surface area contributed by atoms with Gasteiger partial charge in [0.05, 0.1) is 5.69 Å². The van der Waals surface area contributed by atoms with Crippen molar-refractivity contribution in [3.05, 3.63) is 35.4 Å². The minimum Gasteiger partial charge on any atom is -0.374 e. The fourth-order valence-corrected chi connectivity index (χ4v) is 2.30. The standard InChI is InChI=1S/C13H15F2N.CH5N/c1-4-9-12(15)11(14)7-10-8(2)5-6-16(3)13(9)10;1-2/h4,7-8H,1,5-6H2,2-3H3;2H2,1H3/t8-;/m1./s1. The molecule has 2 rings (SSSR count). The first-order valence-corrected chi connectivity index (χ1v) is 5.99. The predicted octanol–water partition coefficient (Wildman–Crippen LogP) is 3.13. The van der Waals surface area contributed by atoms with E-state index in [0.717, 1.165) is 24.2 Å². The van der Waals surface area contributed by atoms with E-state index in [2.05, 4.69) is 12.3 Å². The average Bonchev–Trinajstić information content (AvgIpc) is 2.39. The lowest BCUT2D eigenvalue weighted by Crippen LogP contribution is -2.28. The van der Waals surface area contributed by atoms with Crippen molar-refractivity contribution in [1.29, 1.82) is 0 Å². The van der Waals surface area contributed by atoms with Gasteiger partial charge in [-0.25, -0.2) is 8.78 Å². The molecule has 1 aromatic rings. The minimum atomic E-state index is -0.797. The number of hydrogen-bond acceptors (Lipinski definition) is 2. The Bertz CT molecular complexity index is 444. The van der Waals surface area contributed by atoms with Crippen LogP contribution in [-0.4, -0.2) is 20.6 Å². The molecule has 0 amide bonds. The van der Waals surface area contributed by atoms with E-state index in [1.165, 1.54) is 19.2 Å². The van der Waals surface area contributed by atoms with Gasteiger partial charge in [0.1, 0.15) is 0 Å². The number of anilines is 1. The van der Waals surface area contributed by atoms with Crippen molar-refractivity contribution in [3.63, 3.8) is 0 Å². The van der Waals surface area contributed by atoms with E-state index in [9.17, 15) is 8.78 Å². The van der Waals surface area contributed by atoms with Gasteiger partial charge in [-0.15, -0.1) is 0 Å². The molecule has 0 radical (unpaired) electrons. The normalized spacial score (nSPS) is 17.7. The van der Waals surface area contributed by atoms with Crippen LogP contribution in [0.1, 0.15) is 30.4 Å². The Morgan fingerprint density at radius 1 is 1.44 bits per heavy atom. The molecule has 0 saturated carbocycles. The molecule has 0 saturated heterocycles. The zero-order valence-electron chi connectivity index (χ0n) is 11.1. The summed E-state index contributed by atoms with van der Waals surface area (Å²) in [4.78, 5) is 1.97. The molecule has 18 heavy (non-hydrogen) atoms. The molecule has 0 aromatic heterocycles. The van der Waals surface area contributed by atoms with E-state index in [1.54, 1.807) is 0 Å². The van der Waals surface area contributed by atoms with Crippen molar-refractivity contribution in [2.75, 3.05) is 25.5 Å². The molecule has 1 heterocycles. The number of benzene rings is 1. The quantitative estimate of drug-likeness (QED) is 0.834. The number of nitrogens with zero attached hydrogens (tertiary/aromatic N) is 1. The van der Waals surface area contributed by atoms with Crippen molar-refractivity contribution in [1.82, 2.24) is 0 Å². The molecule has 2 N–H and O–H groups in total. The summed E-state index contributed by atoms with van der Waals surface area (Å²) in [6.07, 6.45) is 2.36. The second kappa shape index (κ2) is 5.96. The molecule has 1 atom stereocenters. The highest BCUT2D eigenvalue weighted by Crippen LogP contribution is 2.39. The first-order valence-electron chi connectivity index (χ1n) is 5.99. The van der Waals surface area contributed by atoms with E-state index in [1.807, 2.05) is 18.9 Å². The Hall–Kier alpha value is -1.42. The predicted molar refractivity (Wildman–Crippen MR) is 72.9 cm³/mol. The van der Waals surface area contributed by atoms with Crippen LogP contribution in [0.4, 0.5) is 14.5 Å². The summed E-state index contributed by atoms with van der Waals surface area (Å²) in [5.41, 5.74) is 6.44. The number of fused-ring (bicyclic) bond motifs is 1. The van der Waals surface area contributed by atoms with E-state index >= 15 is 0 Å². The third-order valence-electron chi connectivity index (χ3n) is 3.27. The zero-order valence-corrected chi connectivity index (χ0v) is 11.1. The summed E-state index contributed by atoms with van der Waals surface area (Å²) < 4.78 is 27.0. The van der Waals surface area contributed by atoms with Crippen molar-refractivity contribution < 1.29 is 8.78 Å². The van der Waals surface area contributed by atoms with Gasteiger partial charge in [0, 0.05) is 19.2 Å². The van der Waals surface area contributed by atoms with Gasteiger partial charge < -0.3 is 10.6 Å². The van der Waals surface area contributed by atoms with Gasteiger partial charge in [-0.05, 0) is 31.0 Å². The number of halogens is 2. The molecule has 0 spiro atoms. The highest BCUT2D eigenvalue weighted by molar-refractivity contribution is 5.72. The maximum absolute atomic E-state index is 13.6. The van der Waals surface area contributed by atoms with Crippen molar-refractivity contribution in [2.24, 2.45) is 5.73 Å². The lowest BCUT2D eigenvalue weighted by Gasteiger charge is -2.33. The first kappa shape index (κ1) is 14.6. The van der Waals surface area contributed by atoms with E-state index < -0.39 is 11.6 Å². The summed E-state index contributed by atoms with van der Waals surface area (Å²) in [6.45, 7) is 6.47. The highest BCUT2D eigenvalue weighted by atomic mass is 19.2. The first-order chi connectivity index (χ1) is 8.56. The Balaban J connectivity index is 0.000000771. The fourth-order valence-electron chi connectivity index (χ4n) is 2.30. The van der Waals surface area contributed by atoms with Gasteiger partial charge in [0.2, 0.25) is 0 Å². The van der Waals surface area contributed by atoms with Crippen molar-refractivity contribution in [2.45, 2.75) is 19.3 Å². The maximum atomic E-state index is 13.6. The van der Waals surface area contributed by atoms with Crippen LogP contribution in [0.25, 0.3) is 6.08 Å². The SMILES string of the molecule is C=Cc1c(F)c(F)cc2c1N(C)CC[C@H]2C.CN.